The summed E-state index contributed by atoms with van der Waals surface area (Å²) in [6, 6.07) is 6.05. The molecule has 3 aromatic heterocycles. The Morgan fingerprint density at radius 3 is 2.86 bits per heavy atom. The van der Waals surface area contributed by atoms with Crippen LogP contribution in [0.15, 0.2) is 29.6 Å². The zero-order chi connectivity index (χ0) is 19.9. The van der Waals surface area contributed by atoms with Gasteiger partial charge >= 0.3 is 6.18 Å². The average Bonchev–Trinajstić information content (AvgIpc) is 3.35. The van der Waals surface area contributed by atoms with Gasteiger partial charge in [-0.2, -0.15) is 18.3 Å². The van der Waals surface area contributed by atoms with E-state index in [1.807, 2.05) is 0 Å². The topological polar surface area (TPSA) is 70.7 Å². The maximum atomic E-state index is 13.6. The average molecular weight is 410 g/mol. The first-order valence-corrected chi connectivity index (χ1v) is 9.65. The van der Waals surface area contributed by atoms with Crippen LogP contribution >= 0.6 is 11.3 Å². The minimum atomic E-state index is -4.58. The number of halogens is 3. The Kier molecular flexibility index (Phi) is 4.84. The molecule has 0 aliphatic carbocycles. The summed E-state index contributed by atoms with van der Waals surface area (Å²) in [5, 5.41) is 15.0. The van der Waals surface area contributed by atoms with Crippen LogP contribution < -0.4 is 0 Å². The number of carbonyl (C=O) groups is 1. The Balaban J connectivity index is 1.76. The van der Waals surface area contributed by atoms with Gasteiger partial charge in [0.25, 0.3) is 0 Å². The van der Waals surface area contributed by atoms with Crippen LogP contribution in [0, 0.1) is 0 Å². The lowest BCUT2D eigenvalue weighted by atomic mass is 9.95. The predicted octanol–water partition coefficient (Wildman–Crippen LogP) is 3.17. The third-order valence-corrected chi connectivity index (χ3v) is 5.73. The molecule has 0 radical (unpaired) electrons. The van der Waals surface area contributed by atoms with Gasteiger partial charge in [0.2, 0.25) is 5.91 Å². The van der Waals surface area contributed by atoms with Crippen molar-refractivity contribution in [2.75, 3.05) is 19.7 Å². The maximum Gasteiger partial charge on any atom is 0.433 e. The highest BCUT2D eigenvalue weighted by Gasteiger charge is 2.36. The Morgan fingerprint density at radius 2 is 2.18 bits per heavy atom. The van der Waals surface area contributed by atoms with Crippen molar-refractivity contribution in [3.05, 3.63) is 41.0 Å². The van der Waals surface area contributed by atoms with Crippen molar-refractivity contribution in [2.45, 2.75) is 24.9 Å². The molecule has 0 aromatic carbocycles. The highest BCUT2D eigenvalue weighted by atomic mass is 32.1. The van der Waals surface area contributed by atoms with Gasteiger partial charge in [-0.05, 0) is 30.4 Å². The first kappa shape index (κ1) is 18.9. The number of thiophene rings is 1. The van der Waals surface area contributed by atoms with Gasteiger partial charge in [-0.1, -0.05) is 6.07 Å². The molecule has 1 fully saturated rings. The number of hydrogen-bond acceptors (Lipinski definition) is 5. The second kappa shape index (κ2) is 7.17. The number of aromatic nitrogens is 3. The van der Waals surface area contributed by atoms with Crippen LogP contribution in [0.25, 0.3) is 16.2 Å². The number of rotatable bonds is 3. The van der Waals surface area contributed by atoms with E-state index in [4.69, 9.17) is 5.11 Å². The Bertz CT molecular complexity index is 1000. The van der Waals surface area contributed by atoms with Crippen LogP contribution in [-0.4, -0.2) is 50.2 Å². The van der Waals surface area contributed by atoms with E-state index in [0.29, 0.717) is 36.5 Å². The lowest BCUT2D eigenvalue weighted by Gasteiger charge is -2.31. The van der Waals surface area contributed by atoms with E-state index < -0.39 is 18.5 Å². The summed E-state index contributed by atoms with van der Waals surface area (Å²) < 4.78 is 41.7. The van der Waals surface area contributed by atoms with Gasteiger partial charge < -0.3 is 10.0 Å². The van der Waals surface area contributed by atoms with E-state index in [2.05, 4.69) is 10.1 Å². The summed E-state index contributed by atoms with van der Waals surface area (Å²) in [5.74, 6) is -0.584. The second-order valence-electron chi connectivity index (χ2n) is 6.68. The number of amides is 1. The van der Waals surface area contributed by atoms with E-state index in [1.165, 1.54) is 16.2 Å². The molecule has 1 atom stereocenters. The molecule has 1 saturated heterocycles. The summed E-state index contributed by atoms with van der Waals surface area (Å²) >= 11 is 1.32. The van der Waals surface area contributed by atoms with E-state index in [1.54, 1.807) is 23.6 Å². The molecule has 3 aromatic rings. The largest absolute Gasteiger partial charge is 0.433 e. The number of piperidine rings is 1. The smallest absolute Gasteiger partial charge is 0.387 e. The van der Waals surface area contributed by atoms with Gasteiger partial charge in [0.15, 0.2) is 11.3 Å². The van der Waals surface area contributed by atoms with Crippen LogP contribution in [0.4, 0.5) is 13.2 Å². The first-order valence-electron chi connectivity index (χ1n) is 8.77. The van der Waals surface area contributed by atoms with Crippen LogP contribution in [0.3, 0.4) is 0 Å². The van der Waals surface area contributed by atoms with Crippen molar-refractivity contribution < 1.29 is 23.1 Å². The van der Waals surface area contributed by atoms with E-state index in [0.717, 1.165) is 10.6 Å². The molecule has 0 saturated carbocycles. The highest BCUT2D eigenvalue weighted by Crippen LogP contribution is 2.35. The molecule has 6 nitrogen and oxygen atoms in total. The van der Waals surface area contributed by atoms with Crippen molar-refractivity contribution >= 4 is 22.9 Å². The number of fused-ring (bicyclic) bond motifs is 1. The Hall–Kier alpha value is -2.46. The van der Waals surface area contributed by atoms with E-state index in [9.17, 15) is 18.0 Å². The van der Waals surface area contributed by atoms with Crippen molar-refractivity contribution in [3.63, 3.8) is 0 Å². The predicted molar refractivity (Wildman–Crippen MR) is 96.9 cm³/mol. The molecule has 10 heteroatoms. The SMILES string of the molecule is O=C(CO)N1CCCC(c2cc3nc(-c4cccs4)cc(C(F)(F)F)n3n2)C1. The van der Waals surface area contributed by atoms with Crippen LogP contribution in [0.1, 0.15) is 30.1 Å². The van der Waals surface area contributed by atoms with Crippen molar-refractivity contribution in [2.24, 2.45) is 0 Å². The normalized spacial score (nSPS) is 18.0. The van der Waals surface area contributed by atoms with Gasteiger partial charge in [0.05, 0.1) is 16.3 Å². The fourth-order valence-corrected chi connectivity index (χ4v) is 4.18. The molecule has 4 heterocycles. The van der Waals surface area contributed by atoms with Gasteiger partial charge in [-0.25, -0.2) is 9.50 Å². The molecule has 0 bridgehead atoms. The summed E-state index contributed by atoms with van der Waals surface area (Å²) in [5.41, 5.74) is -0.0381. The quantitative estimate of drug-likeness (QED) is 0.720. The van der Waals surface area contributed by atoms with Gasteiger partial charge in [0.1, 0.15) is 6.61 Å². The standard InChI is InChI=1S/C18H17F3N4O2S/c19-18(20,21)15-7-13(14-4-2-6-28-14)22-16-8-12(23-25(15)16)11-3-1-5-24(9-11)17(27)10-26/h2,4,6-8,11,26H,1,3,5,9-10H2. The summed E-state index contributed by atoms with van der Waals surface area (Å²) in [6.07, 6.45) is -3.18. The molecule has 28 heavy (non-hydrogen) atoms. The summed E-state index contributed by atoms with van der Waals surface area (Å²) in [4.78, 5) is 18.3. The number of likely N-dealkylation sites (tertiary alicyclic amines) is 1. The zero-order valence-corrected chi connectivity index (χ0v) is 15.5. The van der Waals surface area contributed by atoms with E-state index in [-0.39, 0.29) is 23.2 Å². The first-order chi connectivity index (χ1) is 13.4. The second-order valence-corrected chi connectivity index (χ2v) is 7.63. The monoisotopic (exact) mass is 410 g/mol. The number of nitrogens with zero attached hydrogens (tertiary/aromatic N) is 4. The van der Waals surface area contributed by atoms with Crippen molar-refractivity contribution in [3.8, 4) is 10.6 Å². The zero-order valence-electron chi connectivity index (χ0n) is 14.7. The van der Waals surface area contributed by atoms with Crippen molar-refractivity contribution in [1.29, 1.82) is 0 Å². The highest BCUT2D eigenvalue weighted by molar-refractivity contribution is 7.13. The number of aliphatic hydroxyl groups excluding tert-OH is 1. The van der Waals surface area contributed by atoms with Crippen LogP contribution in [0.5, 0.6) is 0 Å². The van der Waals surface area contributed by atoms with Crippen LogP contribution in [0.2, 0.25) is 0 Å². The molecule has 1 aliphatic rings. The molecule has 1 aliphatic heterocycles. The Morgan fingerprint density at radius 1 is 1.36 bits per heavy atom. The molecular formula is C18H17F3N4O2S. The fourth-order valence-electron chi connectivity index (χ4n) is 3.49. The number of carbonyl (C=O) groups excluding carboxylic acids is 1. The van der Waals surface area contributed by atoms with Gasteiger partial charge in [-0.3, -0.25) is 4.79 Å². The third kappa shape index (κ3) is 3.49. The molecule has 0 spiro atoms. The lowest BCUT2D eigenvalue weighted by Crippen LogP contribution is -2.40. The summed E-state index contributed by atoms with van der Waals surface area (Å²) in [7, 11) is 0. The molecular weight excluding hydrogens is 393 g/mol. The third-order valence-electron chi connectivity index (χ3n) is 4.84. The minimum absolute atomic E-state index is 0.124. The maximum absolute atomic E-state index is 13.6. The minimum Gasteiger partial charge on any atom is -0.387 e. The number of alkyl halides is 3. The summed E-state index contributed by atoms with van der Waals surface area (Å²) in [6.45, 7) is 0.266. The number of aliphatic hydroxyl groups is 1. The molecule has 1 unspecified atom stereocenters. The lowest BCUT2D eigenvalue weighted by molar-refractivity contribution is -0.142. The van der Waals surface area contributed by atoms with Gasteiger partial charge in [-0.15, -0.1) is 11.3 Å². The Labute approximate surface area is 162 Å². The van der Waals surface area contributed by atoms with E-state index >= 15 is 0 Å². The molecule has 4 rings (SSSR count). The number of hydrogen-bond donors (Lipinski definition) is 1. The van der Waals surface area contributed by atoms with Crippen molar-refractivity contribution in [1.82, 2.24) is 19.5 Å². The molecule has 148 valence electrons. The fraction of sp³-hybridized carbons (Fsp3) is 0.389. The molecule has 1 amide bonds. The van der Waals surface area contributed by atoms with Gasteiger partial charge in [0, 0.05) is 25.1 Å². The molecule has 1 N–H and O–H groups in total. The van der Waals surface area contributed by atoms with Crippen LogP contribution in [-0.2, 0) is 11.0 Å².